The highest BCUT2D eigenvalue weighted by molar-refractivity contribution is 6.28. The highest BCUT2D eigenvalue weighted by Gasteiger charge is 2.39. The van der Waals surface area contributed by atoms with Crippen molar-refractivity contribution < 1.29 is 32.5 Å². The maximum atomic E-state index is 15.0. The highest BCUT2D eigenvalue weighted by Crippen LogP contribution is 2.36. The molecule has 0 bridgehead atoms. The number of aliphatic hydroxyl groups excluding tert-OH is 1. The van der Waals surface area contributed by atoms with Crippen molar-refractivity contribution >= 4 is 23.2 Å². The second kappa shape index (κ2) is 10.5. The number of allylic oxidation sites excluding steroid dienone is 1. The Morgan fingerprint density at radius 1 is 1.33 bits per heavy atom. The number of aliphatic hydroxyl groups is 1. The van der Waals surface area contributed by atoms with Crippen molar-refractivity contribution in [2.45, 2.75) is 50.2 Å². The van der Waals surface area contributed by atoms with Crippen LogP contribution in [-0.4, -0.2) is 53.4 Å². The number of nitrogens with one attached hydrogen (secondary N) is 1. The third-order valence-electron chi connectivity index (χ3n) is 6.78. The van der Waals surface area contributed by atoms with Crippen LogP contribution in [0.3, 0.4) is 0 Å². The number of fused-ring (bicyclic) bond motifs is 1. The van der Waals surface area contributed by atoms with Gasteiger partial charge in [0.05, 0.1) is 17.3 Å². The molecular weight excluding hydrogens is 499 g/mol. The van der Waals surface area contributed by atoms with E-state index in [1.165, 1.54) is 19.2 Å². The largest absolute Gasteiger partial charge is 0.390 e. The number of rotatable bonds is 8. The van der Waals surface area contributed by atoms with E-state index < -0.39 is 35.6 Å². The Hall–Kier alpha value is -2.53. The maximum Gasteiger partial charge on any atom is 0.298 e. The molecule has 1 saturated heterocycles. The van der Waals surface area contributed by atoms with Gasteiger partial charge in [0.1, 0.15) is 23.8 Å². The molecule has 0 radical (unpaired) electrons. The van der Waals surface area contributed by atoms with Gasteiger partial charge in [-0.25, -0.2) is 14.4 Å². The molecule has 1 unspecified atom stereocenters. The lowest BCUT2D eigenvalue weighted by molar-refractivity contribution is -0.147. The Morgan fingerprint density at radius 2 is 2.06 bits per heavy atom. The fourth-order valence-electron chi connectivity index (χ4n) is 4.66. The van der Waals surface area contributed by atoms with Crippen LogP contribution in [0.4, 0.5) is 19.0 Å². The van der Waals surface area contributed by atoms with E-state index in [4.69, 9.17) is 26.2 Å². The Kier molecular flexibility index (Phi) is 7.70. The van der Waals surface area contributed by atoms with E-state index in [0.717, 1.165) is 11.6 Å². The minimum atomic E-state index is -3.71. The van der Waals surface area contributed by atoms with Gasteiger partial charge in [0, 0.05) is 50.7 Å². The molecule has 4 rings (SSSR count). The van der Waals surface area contributed by atoms with Crippen LogP contribution >= 0.6 is 11.6 Å². The molecule has 1 aliphatic carbocycles. The Bertz CT molecular complexity index is 1190. The van der Waals surface area contributed by atoms with Gasteiger partial charge in [0.2, 0.25) is 5.28 Å². The van der Waals surface area contributed by atoms with Gasteiger partial charge in [-0.3, -0.25) is 4.79 Å². The molecule has 1 aromatic heterocycles. The number of ketones is 1. The van der Waals surface area contributed by atoms with Crippen molar-refractivity contribution in [1.82, 2.24) is 9.97 Å². The van der Waals surface area contributed by atoms with Gasteiger partial charge in [-0.15, -0.1) is 0 Å². The summed E-state index contributed by atoms with van der Waals surface area (Å²) in [7, 11) is 1.52. The van der Waals surface area contributed by atoms with Gasteiger partial charge < -0.3 is 19.9 Å². The Morgan fingerprint density at radius 3 is 2.72 bits per heavy atom. The van der Waals surface area contributed by atoms with Crippen molar-refractivity contribution in [2.24, 2.45) is 0 Å². The number of halogens is 4. The molecule has 194 valence electrons. The Labute approximate surface area is 211 Å². The molecule has 36 heavy (non-hydrogen) atoms. The van der Waals surface area contributed by atoms with Gasteiger partial charge in [-0.05, 0) is 37.1 Å². The molecule has 0 spiro atoms. The fourth-order valence-corrected chi connectivity index (χ4v) is 4.85. The summed E-state index contributed by atoms with van der Waals surface area (Å²) in [5.74, 6) is -4.63. The molecule has 2 aliphatic rings. The standard InChI is InChI=1S/C25H27ClF3N3O4/c1-14(16-4-3-5-18(21(16)27)25(28,29)13-33)30-22-17-10-15(11-19(17)31-23(26)32-22)12-20(34)24(35-2)6-8-36-9-7-24/h3-5,12,14,33H,6-11,13H2,1-2H3,(H,30,31,32)/b15-12+. The number of nitrogens with zero attached hydrogens (tertiary/aromatic N) is 2. The van der Waals surface area contributed by atoms with E-state index in [0.29, 0.717) is 56.0 Å². The van der Waals surface area contributed by atoms with Crippen molar-refractivity contribution in [3.63, 3.8) is 0 Å². The zero-order valence-electron chi connectivity index (χ0n) is 19.9. The van der Waals surface area contributed by atoms with E-state index in [-0.39, 0.29) is 16.6 Å². The molecule has 0 amide bonds. The number of anilines is 1. The van der Waals surface area contributed by atoms with Crippen LogP contribution in [0.1, 0.15) is 48.2 Å². The van der Waals surface area contributed by atoms with Gasteiger partial charge in [0.25, 0.3) is 5.92 Å². The molecule has 11 heteroatoms. The lowest BCUT2D eigenvalue weighted by Gasteiger charge is -2.33. The predicted octanol–water partition coefficient (Wildman–Crippen LogP) is 4.32. The SMILES string of the molecule is COC1(C(=O)/C=C2/Cc3nc(Cl)nc(NC(C)c4cccc(C(F)(F)CO)c4F)c3C2)CCOCC1. The molecular formula is C25H27ClF3N3O4. The molecule has 2 heterocycles. The van der Waals surface area contributed by atoms with Gasteiger partial charge in [0.15, 0.2) is 5.78 Å². The number of aromatic nitrogens is 2. The summed E-state index contributed by atoms with van der Waals surface area (Å²) in [6.45, 7) is 0.982. The van der Waals surface area contributed by atoms with Crippen molar-refractivity contribution in [3.05, 3.63) is 63.3 Å². The van der Waals surface area contributed by atoms with Crippen LogP contribution < -0.4 is 5.32 Å². The summed E-state index contributed by atoms with van der Waals surface area (Å²) >= 11 is 6.13. The van der Waals surface area contributed by atoms with E-state index in [2.05, 4.69) is 15.3 Å². The number of carbonyl (C=O) groups is 1. The van der Waals surface area contributed by atoms with Crippen molar-refractivity contribution in [1.29, 1.82) is 0 Å². The first-order valence-corrected chi connectivity index (χ1v) is 11.9. The summed E-state index contributed by atoms with van der Waals surface area (Å²) in [4.78, 5) is 21.6. The molecule has 1 aromatic carbocycles. The van der Waals surface area contributed by atoms with E-state index in [1.54, 1.807) is 13.0 Å². The smallest absolute Gasteiger partial charge is 0.298 e. The molecule has 0 saturated carbocycles. The van der Waals surface area contributed by atoms with Crippen LogP contribution in [-0.2, 0) is 33.0 Å². The Balaban J connectivity index is 1.58. The zero-order valence-corrected chi connectivity index (χ0v) is 20.7. The van der Waals surface area contributed by atoms with Gasteiger partial charge >= 0.3 is 0 Å². The molecule has 1 atom stereocenters. The number of benzene rings is 1. The second-order valence-electron chi connectivity index (χ2n) is 9.04. The monoisotopic (exact) mass is 525 g/mol. The molecule has 2 N–H and O–H groups in total. The minimum Gasteiger partial charge on any atom is -0.390 e. The third kappa shape index (κ3) is 5.13. The predicted molar refractivity (Wildman–Crippen MR) is 127 cm³/mol. The average Bonchev–Trinajstić information content (AvgIpc) is 3.26. The van der Waals surface area contributed by atoms with Crippen molar-refractivity contribution in [3.8, 4) is 0 Å². The van der Waals surface area contributed by atoms with E-state index in [1.807, 2.05) is 0 Å². The van der Waals surface area contributed by atoms with Gasteiger partial charge in [-0.2, -0.15) is 8.78 Å². The first-order valence-electron chi connectivity index (χ1n) is 11.6. The average molecular weight is 526 g/mol. The lowest BCUT2D eigenvalue weighted by atomic mass is 9.88. The summed E-state index contributed by atoms with van der Waals surface area (Å²) in [5.41, 5.74) is 0.309. The second-order valence-corrected chi connectivity index (χ2v) is 9.37. The van der Waals surface area contributed by atoms with Crippen LogP contribution in [0.5, 0.6) is 0 Å². The topological polar surface area (TPSA) is 93.6 Å². The zero-order chi connectivity index (χ0) is 26.1. The van der Waals surface area contributed by atoms with E-state index >= 15 is 0 Å². The minimum absolute atomic E-state index is 0.0189. The normalized spacial score (nSPS) is 19.2. The first kappa shape index (κ1) is 26.5. The van der Waals surface area contributed by atoms with Crippen LogP contribution in [0.15, 0.2) is 29.8 Å². The van der Waals surface area contributed by atoms with Gasteiger partial charge in [-0.1, -0.05) is 17.7 Å². The summed E-state index contributed by atoms with van der Waals surface area (Å²) in [5, 5.41) is 12.0. The number of alkyl halides is 2. The molecule has 2 aromatic rings. The maximum absolute atomic E-state index is 15.0. The summed E-state index contributed by atoms with van der Waals surface area (Å²) in [6, 6.07) is 2.87. The number of methoxy groups -OCH3 is 1. The highest BCUT2D eigenvalue weighted by atomic mass is 35.5. The quantitative estimate of drug-likeness (QED) is 0.392. The number of carbonyl (C=O) groups excluding carboxylic acids is 1. The first-order chi connectivity index (χ1) is 17.1. The number of hydrogen-bond donors (Lipinski definition) is 2. The van der Waals surface area contributed by atoms with Crippen LogP contribution in [0, 0.1) is 5.82 Å². The number of ether oxygens (including phenoxy) is 2. The summed E-state index contributed by atoms with van der Waals surface area (Å²) < 4.78 is 53.9. The van der Waals surface area contributed by atoms with E-state index in [9.17, 15) is 18.0 Å². The fraction of sp³-hybridized carbons (Fsp3) is 0.480. The lowest BCUT2D eigenvalue weighted by Crippen LogP contribution is -2.45. The third-order valence-corrected chi connectivity index (χ3v) is 6.95. The molecule has 1 fully saturated rings. The molecule has 1 aliphatic heterocycles. The number of hydrogen-bond acceptors (Lipinski definition) is 7. The van der Waals surface area contributed by atoms with Crippen LogP contribution in [0.25, 0.3) is 0 Å². The van der Waals surface area contributed by atoms with Crippen LogP contribution in [0.2, 0.25) is 5.28 Å². The molecule has 7 nitrogen and oxygen atoms in total. The summed E-state index contributed by atoms with van der Waals surface area (Å²) in [6.07, 6.45) is 3.27. The van der Waals surface area contributed by atoms with Crippen molar-refractivity contribution in [2.75, 3.05) is 32.2 Å².